The predicted molar refractivity (Wildman–Crippen MR) is 104 cm³/mol. The average molecular weight is 383 g/mol. The molecule has 0 bridgehead atoms. The molecule has 2 aromatic carbocycles. The number of amides is 1. The predicted octanol–water partition coefficient (Wildman–Crippen LogP) is 4.13. The highest BCUT2D eigenvalue weighted by atomic mass is 19.1. The monoisotopic (exact) mass is 383 g/mol. The molecule has 0 N–H and O–H groups in total. The Morgan fingerprint density at radius 1 is 0.929 bits per heavy atom. The van der Waals surface area contributed by atoms with E-state index in [1.54, 1.807) is 24.3 Å². The Morgan fingerprint density at radius 3 is 2.18 bits per heavy atom. The minimum atomic E-state index is -0.312. The summed E-state index contributed by atoms with van der Waals surface area (Å²) in [6.45, 7) is 2.18. The van der Waals surface area contributed by atoms with Gasteiger partial charge in [0.05, 0.1) is 18.3 Å². The van der Waals surface area contributed by atoms with Crippen LogP contribution in [0.15, 0.2) is 53.6 Å². The van der Waals surface area contributed by atoms with Crippen LogP contribution >= 0.6 is 0 Å². The molecule has 2 aliphatic rings. The zero-order valence-corrected chi connectivity index (χ0v) is 15.7. The number of likely N-dealkylation sites (tertiary alicyclic amines) is 1. The number of carbonyl (C=O) groups excluding carboxylic acids is 1. The first-order chi connectivity index (χ1) is 13.6. The summed E-state index contributed by atoms with van der Waals surface area (Å²) in [5.41, 5.74) is 2.37. The number of nitrogens with zero attached hydrogens (tertiary/aromatic N) is 3. The molecule has 6 heteroatoms. The van der Waals surface area contributed by atoms with Gasteiger partial charge in [0, 0.05) is 6.42 Å². The Hall–Kier alpha value is -2.60. The van der Waals surface area contributed by atoms with Crippen molar-refractivity contribution in [3.8, 4) is 0 Å². The molecule has 1 fully saturated rings. The van der Waals surface area contributed by atoms with Gasteiger partial charge in [-0.25, -0.2) is 13.8 Å². The van der Waals surface area contributed by atoms with Crippen molar-refractivity contribution in [2.75, 3.05) is 19.6 Å². The maximum absolute atomic E-state index is 13.4. The van der Waals surface area contributed by atoms with Gasteiger partial charge in [-0.05, 0) is 61.3 Å². The van der Waals surface area contributed by atoms with E-state index in [1.165, 1.54) is 35.7 Å². The second-order valence-electron chi connectivity index (χ2n) is 7.40. The van der Waals surface area contributed by atoms with Gasteiger partial charge in [0.15, 0.2) is 0 Å². The average Bonchev–Trinajstić information content (AvgIpc) is 3.15. The van der Waals surface area contributed by atoms with E-state index >= 15 is 0 Å². The molecule has 0 radical (unpaired) electrons. The molecule has 0 aromatic heterocycles. The fourth-order valence-electron chi connectivity index (χ4n) is 3.88. The van der Waals surface area contributed by atoms with Gasteiger partial charge in [-0.3, -0.25) is 9.69 Å². The third-order valence-electron chi connectivity index (χ3n) is 5.41. The van der Waals surface area contributed by atoms with Crippen LogP contribution in [0.5, 0.6) is 0 Å². The summed E-state index contributed by atoms with van der Waals surface area (Å²) >= 11 is 0. The number of piperidine rings is 1. The molecule has 1 atom stereocenters. The minimum absolute atomic E-state index is 0.0617. The van der Waals surface area contributed by atoms with Crippen LogP contribution in [0, 0.1) is 11.6 Å². The zero-order chi connectivity index (χ0) is 19.5. The largest absolute Gasteiger partial charge is 0.294 e. The van der Waals surface area contributed by atoms with E-state index in [0.29, 0.717) is 13.0 Å². The van der Waals surface area contributed by atoms with E-state index in [-0.39, 0.29) is 23.6 Å². The summed E-state index contributed by atoms with van der Waals surface area (Å²) in [7, 11) is 0. The summed E-state index contributed by atoms with van der Waals surface area (Å²) in [6.07, 6.45) is 3.94. The number of rotatable bonds is 4. The summed E-state index contributed by atoms with van der Waals surface area (Å²) in [5, 5.41) is 6.12. The van der Waals surface area contributed by atoms with Gasteiger partial charge in [-0.15, -0.1) is 0 Å². The van der Waals surface area contributed by atoms with Crippen molar-refractivity contribution in [3.63, 3.8) is 0 Å². The molecule has 2 aliphatic heterocycles. The molecule has 0 unspecified atom stereocenters. The number of hydrazone groups is 1. The molecule has 1 saturated heterocycles. The van der Waals surface area contributed by atoms with Crippen molar-refractivity contribution in [2.24, 2.45) is 5.10 Å². The van der Waals surface area contributed by atoms with E-state index in [9.17, 15) is 13.6 Å². The smallest absolute Gasteiger partial charge is 0.257 e. The SMILES string of the molecule is O=C(CN1CCCCC1)N1N=C(c2ccc(F)cc2)C[C@H]1c1ccc(F)cc1. The molecule has 2 aromatic rings. The Balaban J connectivity index is 1.59. The number of hydrogen-bond donors (Lipinski definition) is 0. The van der Waals surface area contributed by atoms with Gasteiger partial charge in [0.1, 0.15) is 11.6 Å². The Kier molecular flexibility index (Phi) is 5.48. The highest BCUT2D eigenvalue weighted by molar-refractivity contribution is 6.03. The Morgan fingerprint density at radius 2 is 1.54 bits per heavy atom. The van der Waals surface area contributed by atoms with Crippen LogP contribution < -0.4 is 0 Å². The van der Waals surface area contributed by atoms with Crippen molar-refractivity contribution in [3.05, 3.63) is 71.3 Å². The van der Waals surface area contributed by atoms with Crippen LogP contribution in [0.3, 0.4) is 0 Å². The van der Waals surface area contributed by atoms with Crippen molar-refractivity contribution in [1.29, 1.82) is 0 Å². The van der Waals surface area contributed by atoms with Crippen LogP contribution in [0.1, 0.15) is 42.9 Å². The lowest BCUT2D eigenvalue weighted by Gasteiger charge is -2.29. The Bertz CT molecular complexity index is 858. The molecule has 0 saturated carbocycles. The molecule has 146 valence electrons. The molecule has 4 rings (SSSR count). The van der Waals surface area contributed by atoms with E-state index in [0.717, 1.165) is 42.8 Å². The first-order valence-corrected chi connectivity index (χ1v) is 9.73. The fourth-order valence-corrected chi connectivity index (χ4v) is 3.88. The number of hydrogen-bond acceptors (Lipinski definition) is 3. The molecular formula is C22H23F2N3O. The van der Waals surface area contributed by atoms with E-state index in [4.69, 9.17) is 0 Å². The van der Waals surface area contributed by atoms with Crippen LogP contribution in [-0.4, -0.2) is 41.2 Å². The lowest BCUT2D eigenvalue weighted by atomic mass is 9.98. The number of carbonyl (C=O) groups is 1. The van der Waals surface area contributed by atoms with Crippen molar-refractivity contribution >= 4 is 11.6 Å². The molecular weight excluding hydrogens is 360 g/mol. The summed E-state index contributed by atoms with van der Waals surface area (Å²) in [4.78, 5) is 15.2. The van der Waals surface area contributed by atoms with Crippen molar-refractivity contribution in [2.45, 2.75) is 31.7 Å². The standard InChI is InChI=1S/C22H23F2N3O/c23-18-8-4-16(5-9-18)20-14-21(17-6-10-19(24)11-7-17)27(25-20)22(28)15-26-12-2-1-3-13-26/h4-11,21H,1-3,12-15H2/t21-/m0/s1. The van der Waals surface area contributed by atoms with E-state index in [2.05, 4.69) is 10.0 Å². The second kappa shape index (κ2) is 8.19. The normalized spacial score (nSPS) is 20.3. The molecule has 0 aliphatic carbocycles. The third kappa shape index (κ3) is 4.12. The molecule has 0 spiro atoms. The third-order valence-corrected chi connectivity index (χ3v) is 5.41. The van der Waals surface area contributed by atoms with Crippen LogP contribution in [0.4, 0.5) is 8.78 Å². The highest BCUT2D eigenvalue weighted by Gasteiger charge is 2.33. The lowest BCUT2D eigenvalue weighted by Crippen LogP contribution is -2.40. The first kappa shape index (κ1) is 18.7. The quantitative estimate of drug-likeness (QED) is 0.796. The van der Waals surface area contributed by atoms with Gasteiger partial charge in [-0.1, -0.05) is 30.7 Å². The van der Waals surface area contributed by atoms with Crippen molar-refractivity contribution < 1.29 is 13.6 Å². The number of halogens is 2. The summed E-state index contributed by atoms with van der Waals surface area (Å²) in [5.74, 6) is -0.684. The van der Waals surface area contributed by atoms with Gasteiger partial charge in [0.2, 0.25) is 0 Å². The van der Waals surface area contributed by atoms with Gasteiger partial charge in [0.25, 0.3) is 5.91 Å². The maximum Gasteiger partial charge on any atom is 0.257 e. The first-order valence-electron chi connectivity index (χ1n) is 9.73. The van der Waals surface area contributed by atoms with Gasteiger partial charge in [-0.2, -0.15) is 5.10 Å². The molecule has 2 heterocycles. The molecule has 1 amide bonds. The summed E-state index contributed by atoms with van der Waals surface area (Å²) < 4.78 is 26.6. The number of benzene rings is 2. The minimum Gasteiger partial charge on any atom is -0.294 e. The highest BCUT2D eigenvalue weighted by Crippen LogP contribution is 2.33. The second-order valence-corrected chi connectivity index (χ2v) is 7.40. The zero-order valence-electron chi connectivity index (χ0n) is 15.7. The van der Waals surface area contributed by atoms with Crippen LogP contribution in [-0.2, 0) is 4.79 Å². The summed E-state index contributed by atoms with van der Waals surface area (Å²) in [6, 6.07) is 12.1. The van der Waals surface area contributed by atoms with Gasteiger partial charge >= 0.3 is 0 Å². The lowest BCUT2D eigenvalue weighted by molar-refractivity contribution is -0.134. The molecule has 4 nitrogen and oxygen atoms in total. The Labute approximate surface area is 163 Å². The van der Waals surface area contributed by atoms with E-state index < -0.39 is 0 Å². The maximum atomic E-state index is 13.4. The van der Waals surface area contributed by atoms with E-state index in [1.807, 2.05) is 0 Å². The van der Waals surface area contributed by atoms with Crippen LogP contribution in [0.2, 0.25) is 0 Å². The van der Waals surface area contributed by atoms with Crippen LogP contribution in [0.25, 0.3) is 0 Å². The van der Waals surface area contributed by atoms with Crippen molar-refractivity contribution in [1.82, 2.24) is 9.91 Å². The van der Waals surface area contributed by atoms with Gasteiger partial charge < -0.3 is 0 Å². The molecule has 28 heavy (non-hydrogen) atoms. The topological polar surface area (TPSA) is 35.9 Å². The fraction of sp³-hybridized carbons (Fsp3) is 0.364.